The van der Waals surface area contributed by atoms with Crippen LogP contribution in [0.25, 0.3) is 0 Å². The van der Waals surface area contributed by atoms with E-state index in [4.69, 9.17) is 33.2 Å². The van der Waals surface area contributed by atoms with Gasteiger partial charge in [0.15, 0.2) is 18.9 Å². The molecule has 0 bridgehead atoms. The molecule has 0 aromatic heterocycles. The Kier molecular flexibility index (Phi) is 13.1. The lowest BCUT2D eigenvalue weighted by Gasteiger charge is -2.60. The fourth-order valence-corrected chi connectivity index (χ4v) is 14.2. The molecule has 0 aromatic carbocycles. The Balaban J connectivity index is 0.942. The average Bonchev–Trinajstić information content (AvgIpc) is 3.71. The molecule has 360 valence electrons. The number of aliphatic hydroxyl groups excluding tert-OH is 10. The molecule has 5 aliphatic heterocycles. The van der Waals surface area contributed by atoms with E-state index in [1.54, 1.807) is 0 Å². The van der Waals surface area contributed by atoms with Crippen LogP contribution in [0.2, 0.25) is 0 Å². The van der Waals surface area contributed by atoms with Crippen LogP contribution in [0.15, 0.2) is 11.6 Å². The van der Waals surface area contributed by atoms with Gasteiger partial charge in [-0.15, -0.1) is 0 Å². The van der Waals surface area contributed by atoms with E-state index in [0.717, 1.165) is 38.6 Å². The number of piperidine rings is 1. The lowest BCUT2D eigenvalue weighted by atomic mass is 9.46. The van der Waals surface area contributed by atoms with E-state index >= 15 is 0 Å². The van der Waals surface area contributed by atoms with Crippen LogP contribution in [0.3, 0.4) is 0 Å². The molecule has 3 saturated carbocycles. The first-order valence-corrected chi connectivity index (χ1v) is 23.6. The Morgan fingerprint density at radius 1 is 0.698 bits per heavy atom. The van der Waals surface area contributed by atoms with Crippen molar-refractivity contribution >= 4 is 0 Å². The van der Waals surface area contributed by atoms with Gasteiger partial charge < -0.3 is 84.2 Å². The average molecular weight is 900 g/mol. The van der Waals surface area contributed by atoms with Crippen LogP contribution < -0.4 is 5.32 Å². The van der Waals surface area contributed by atoms with Crippen molar-refractivity contribution < 1.29 is 84.2 Å². The first-order chi connectivity index (χ1) is 29.9. The molecule has 8 fully saturated rings. The largest absolute Gasteiger partial charge is 0.396 e. The lowest BCUT2D eigenvalue weighted by molar-refractivity contribution is -0.393. The molecule has 5 heterocycles. The van der Waals surface area contributed by atoms with Gasteiger partial charge in [0.05, 0.1) is 37.1 Å². The standard InChI is InChI=1S/C45H73NO17/c1-18-30-27(63-45(18)11-8-21(16-47)15-46-45)13-26-24-7-6-22-12-23(9-10-43(22,4)25(24)14-29(49)44(26,30)5)59-42-39(62-41-37(56)35(54)32(51)20(3)58-41)38(33(52)28(17-48)60-42)61-40-36(55)34(53)31(50)19(2)57-40/h6,18-21,23-42,46-56H,7-17H2,1-5H3. The molecular weight excluding hydrogens is 826 g/mol. The molecule has 27 unspecified atom stereocenters. The van der Waals surface area contributed by atoms with Crippen molar-refractivity contribution in [3.63, 3.8) is 0 Å². The number of rotatable bonds is 8. The smallest absolute Gasteiger partial charge is 0.187 e. The van der Waals surface area contributed by atoms with E-state index in [0.29, 0.717) is 25.2 Å². The van der Waals surface area contributed by atoms with Gasteiger partial charge in [-0.3, -0.25) is 5.32 Å². The molecule has 0 amide bonds. The SMILES string of the molecule is CC1OC(OC2C(OC3CCC4(C)C(=CCC5C4CC(O)C4(C)C5CC5OC6(CCC(CO)CN6)C(C)C54)C3)OC(CO)C(O)C2OC2OC(C)C(O)C(O)C2O)C(O)C(O)C1O. The number of aliphatic hydroxyl groups is 10. The maximum Gasteiger partial charge on any atom is 0.187 e. The zero-order valence-electron chi connectivity index (χ0n) is 37.0. The second-order valence-electron chi connectivity index (χ2n) is 21.2. The Labute approximate surface area is 368 Å². The molecule has 18 heteroatoms. The summed E-state index contributed by atoms with van der Waals surface area (Å²) < 4.78 is 43.9. The molecule has 9 rings (SSSR count). The quantitative estimate of drug-likeness (QED) is 0.127. The number of allylic oxidation sites excluding steroid dienone is 1. The molecule has 1 spiro atoms. The minimum atomic E-state index is -1.76. The van der Waals surface area contributed by atoms with Crippen molar-refractivity contribution in [1.82, 2.24) is 5.32 Å². The molecule has 0 radical (unpaired) electrons. The minimum absolute atomic E-state index is 0.0493. The van der Waals surface area contributed by atoms with Gasteiger partial charge in [0.25, 0.3) is 0 Å². The van der Waals surface area contributed by atoms with E-state index in [2.05, 4.69) is 32.2 Å². The molecule has 18 nitrogen and oxygen atoms in total. The Bertz CT molecular complexity index is 1650. The van der Waals surface area contributed by atoms with Crippen molar-refractivity contribution in [3.8, 4) is 0 Å². The molecule has 5 saturated heterocycles. The van der Waals surface area contributed by atoms with Crippen molar-refractivity contribution in [3.05, 3.63) is 11.6 Å². The first kappa shape index (κ1) is 47.1. The van der Waals surface area contributed by atoms with Crippen molar-refractivity contribution in [1.29, 1.82) is 0 Å². The van der Waals surface area contributed by atoms with E-state index < -0.39 is 117 Å². The third-order valence-electron chi connectivity index (χ3n) is 18.1. The highest BCUT2D eigenvalue weighted by atomic mass is 16.8. The fourth-order valence-electron chi connectivity index (χ4n) is 14.2. The van der Waals surface area contributed by atoms with Gasteiger partial charge in [-0.25, -0.2) is 0 Å². The molecule has 0 aromatic rings. The van der Waals surface area contributed by atoms with E-state index in [1.165, 1.54) is 19.4 Å². The predicted octanol–water partition coefficient (Wildman–Crippen LogP) is -1.24. The van der Waals surface area contributed by atoms with Gasteiger partial charge in [0, 0.05) is 24.5 Å². The summed E-state index contributed by atoms with van der Waals surface area (Å²) in [6.07, 6.45) is -14.6. The number of ether oxygens (including phenoxy) is 7. The predicted molar refractivity (Wildman–Crippen MR) is 218 cm³/mol. The summed E-state index contributed by atoms with van der Waals surface area (Å²) >= 11 is 0. The van der Waals surface area contributed by atoms with Crippen molar-refractivity contribution in [2.45, 2.75) is 202 Å². The zero-order chi connectivity index (χ0) is 45.1. The van der Waals surface area contributed by atoms with E-state index in [9.17, 15) is 51.1 Å². The Morgan fingerprint density at radius 3 is 1.95 bits per heavy atom. The summed E-state index contributed by atoms with van der Waals surface area (Å²) in [6, 6.07) is 0. The third-order valence-corrected chi connectivity index (χ3v) is 18.1. The van der Waals surface area contributed by atoms with Crippen LogP contribution in [0, 0.1) is 46.3 Å². The second kappa shape index (κ2) is 17.5. The number of fused-ring (bicyclic) bond motifs is 7. The van der Waals surface area contributed by atoms with Gasteiger partial charge in [-0.05, 0) is 100 Å². The summed E-state index contributed by atoms with van der Waals surface area (Å²) in [5, 5.41) is 112. The fraction of sp³-hybridized carbons (Fsp3) is 0.956. The summed E-state index contributed by atoms with van der Waals surface area (Å²) in [7, 11) is 0. The van der Waals surface area contributed by atoms with Gasteiger partial charge >= 0.3 is 0 Å². The summed E-state index contributed by atoms with van der Waals surface area (Å²) in [5.74, 6) is 1.53. The highest BCUT2D eigenvalue weighted by Gasteiger charge is 2.71. The molecule has 11 N–H and O–H groups in total. The summed E-state index contributed by atoms with van der Waals surface area (Å²) in [5.41, 5.74) is 0.273. The van der Waals surface area contributed by atoms with Crippen molar-refractivity contribution in [2.75, 3.05) is 19.8 Å². The van der Waals surface area contributed by atoms with E-state index in [-0.39, 0.29) is 53.1 Å². The molecule has 63 heavy (non-hydrogen) atoms. The number of hydrogen-bond acceptors (Lipinski definition) is 18. The van der Waals surface area contributed by atoms with Gasteiger partial charge in [-0.2, -0.15) is 0 Å². The van der Waals surface area contributed by atoms with Crippen LogP contribution in [0.4, 0.5) is 0 Å². The van der Waals surface area contributed by atoms with Crippen LogP contribution in [0.5, 0.6) is 0 Å². The van der Waals surface area contributed by atoms with Gasteiger partial charge in [-0.1, -0.05) is 32.4 Å². The highest BCUT2D eigenvalue weighted by Crippen LogP contribution is 2.70. The molecule has 27 atom stereocenters. The van der Waals surface area contributed by atoms with E-state index in [1.807, 2.05) is 0 Å². The summed E-state index contributed by atoms with van der Waals surface area (Å²) in [6.45, 7) is 10.1. The van der Waals surface area contributed by atoms with Crippen LogP contribution in [-0.2, 0) is 33.2 Å². The van der Waals surface area contributed by atoms with Gasteiger partial charge in [0.2, 0.25) is 0 Å². The van der Waals surface area contributed by atoms with Crippen LogP contribution in [-0.4, -0.2) is 187 Å². The van der Waals surface area contributed by atoms with Gasteiger partial charge in [0.1, 0.15) is 66.8 Å². The number of nitrogens with one attached hydrogen (secondary N) is 1. The van der Waals surface area contributed by atoms with Crippen LogP contribution in [0.1, 0.15) is 86.0 Å². The Hall–Kier alpha value is -0.980. The topological polar surface area (TPSA) is 279 Å². The highest BCUT2D eigenvalue weighted by molar-refractivity contribution is 5.27. The monoisotopic (exact) mass is 899 g/mol. The third kappa shape index (κ3) is 7.62. The van der Waals surface area contributed by atoms with Crippen molar-refractivity contribution in [2.24, 2.45) is 46.3 Å². The molecular formula is C45H73NO17. The second-order valence-corrected chi connectivity index (χ2v) is 21.2. The lowest BCUT2D eigenvalue weighted by Crippen LogP contribution is -2.67. The number of hydrogen-bond donors (Lipinski definition) is 11. The summed E-state index contributed by atoms with van der Waals surface area (Å²) in [4.78, 5) is 0. The minimum Gasteiger partial charge on any atom is -0.396 e. The normalized spacial score (nSPS) is 58.1. The maximum atomic E-state index is 12.3. The maximum absolute atomic E-state index is 12.3. The first-order valence-electron chi connectivity index (χ1n) is 23.6. The zero-order valence-corrected chi connectivity index (χ0v) is 37.0. The van der Waals surface area contributed by atoms with Crippen LogP contribution >= 0.6 is 0 Å². The molecule has 4 aliphatic carbocycles. The molecule has 9 aliphatic rings. The Morgan fingerprint density at radius 2 is 1.35 bits per heavy atom.